The summed E-state index contributed by atoms with van der Waals surface area (Å²) >= 11 is 6.01. The molecule has 0 N–H and O–H groups in total. The van der Waals surface area contributed by atoms with Gasteiger partial charge in [-0.05, 0) is 6.07 Å². The van der Waals surface area contributed by atoms with Crippen LogP contribution in [0.25, 0.3) is 0 Å². The van der Waals surface area contributed by atoms with E-state index in [0.29, 0.717) is 11.1 Å². The summed E-state index contributed by atoms with van der Waals surface area (Å²) in [6.45, 7) is 0. The van der Waals surface area contributed by atoms with E-state index in [1.54, 1.807) is 60.7 Å². The molecule has 1 atom stereocenters. The molecule has 0 saturated heterocycles. The van der Waals surface area contributed by atoms with E-state index in [1.807, 2.05) is 0 Å². The number of Topliss-reactive ketones (excluding diaryl/α,β-unsaturated/α-hetero) is 1. The molecule has 0 aliphatic heterocycles. The summed E-state index contributed by atoms with van der Waals surface area (Å²) in [6.07, 6.45) is -1.22. The number of ether oxygens (including phenoxy) is 1. The molecule has 3 aromatic carbocycles. The Hall–Kier alpha value is -3.51. The Morgan fingerprint density at radius 2 is 1.54 bits per heavy atom. The lowest BCUT2D eigenvalue weighted by Gasteiger charge is -2.18. The van der Waals surface area contributed by atoms with Crippen LogP contribution in [0, 0.1) is 10.1 Å². The van der Waals surface area contributed by atoms with Crippen molar-refractivity contribution in [3.05, 3.63) is 111 Å². The van der Waals surface area contributed by atoms with E-state index >= 15 is 0 Å². The standard InChI is InChI=1S/C21H14ClNO5/c22-18-12-11-16(23(26)27)13-17(18)21(25)28-20(15-9-5-2-6-10-15)19(24)14-7-3-1-4-8-14/h1-13,20H/t20-/m0/s1. The van der Waals surface area contributed by atoms with Crippen LogP contribution in [0.15, 0.2) is 78.9 Å². The van der Waals surface area contributed by atoms with Crippen molar-refractivity contribution in [2.45, 2.75) is 6.10 Å². The van der Waals surface area contributed by atoms with Crippen LogP contribution in [0.5, 0.6) is 0 Å². The minimum absolute atomic E-state index is 0.00503. The highest BCUT2D eigenvalue weighted by molar-refractivity contribution is 6.33. The zero-order chi connectivity index (χ0) is 20.1. The second kappa shape index (κ2) is 8.45. The van der Waals surface area contributed by atoms with E-state index < -0.39 is 22.8 Å². The summed E-state index contributed by atoms with van der Waals surface area (Å²) in [5.41, 5.74) is 0.361. The zero-order valence-corrected chi connectivity index (χ0v) is 15.2. The molecular weight excluding hydrogens is 382 g/mol. The van der Waals surface area contributed by atoms with Crippen LogP contribution < -0.4 is 0 Å². The smallest absolute Gasteiger partial charge is 0.340 e. The first kappa shape index (κ1) is 19.3. The highest BCUT2D eigenvalue weighted by Crippen LogP contribution is 2.28. The largest absolute Gasteiger partial charge is 0.445 e. The number of non-ortho nitro benzene ring substituents is 1. The fourth-order valence-electron chi connectivity index (χ4n) is 2.61. The van der Waals surface area contributed by atoms with E-state index in [4.69, 9.17) is 16.3 Å². The molecule has 0 saturated carbocycles. The van der Waals surface area contributed by atoms with Gasteiger partial charge in [0.1, 0.15) is 0 Å². The Labute approximate surface area is 165 Å². The van der Waals surface area contributed by atoms with Gasteiger partial charge in [0.25, 0.3) is 5.69 Å². The fourth-order valence-corrected chi connectivity index (χ4v) is 2.80. The number of ketones is 1. The van der Waals surface area contributed by atoms with Crippen molar-refractivity contribution in [2.24, 2.45) is 0 Å². The molecule has 28 heavy (non-hydrogen) atoms. The SMILES string of the molecule is O=C(O[C@H](C(=O)c1ccccc1)c1ccccc1)c1cc([N+](=O)[O-])ccc1Cl. The predicted molar refractivity (Wildman–Crippen MR) is 103 cm³/mol. The van der Waals surface area contributed by atoms with Gasteiger partial charge in [-0.3, -0.25) is 14.9 Å². The second-order valence-corrected chi connectivity index (χ2v) is 6.25. The van der Waals surface area contributed by atoms with Crippen LogP contribution in [-0.4, -0.2) is 16.7 Å². The van der Waals surface area contributed by atoms with Crippen molar-refractivity contribution in [1.82, 2.24) is 0 Å². The van der Waals surface area contributed by atoms with Crippen LogP contribution in [0.1, 0.15) is 32.4 Å². The first-order chi connectivity index (χ1) is 13.5. The number of nitro benzene ring substituents is 1. The van der Waals surface area contributed by atoms with Crippen molar-refractivity contribution in [3.63, 3.8) is 0 Å². The highest BCUT2D eigenvalue weighted by atomic mass is 35.5. The van der Waals surface area contributed by atoms with E-state index in [2.05, 4.69) is 0 Å². The molecule has 3 rings (SSSR count). The molecule has 0 fully saturated rings. The van der Waals surface area contributed by atoms with Crippen molar-refractivity contribution in [3.8, 4) is 0 Å². The van der Waals surface area contributed by atoms with Gasteiger partial charge in [0.05, 0.1) is 15.5 Å². The first-order valence-corrected chi connectivity index (χ1v) is 8.64. The van der Waals surface area contributed by atoms with E-state index in [-0.39, 0.29) is 16.3 Å². The third kappa shape index (κ3) is 4.24. The van der Waals surface area contributed by atoms with Gasteiger partial charge in [0, 0.05) is 23.3 Å². The molecule has 7 heteroatoms. The second-order valence-electron chi connectivity index (χ2n) is 5.85. The lowest BCUT2D eigenvalue weighted by Crippen LogP contribution is -2.20. The van der Waals surface area contributed by atoms with Gasteiger partial charge in [-0.2, -0.15) is 0 Å². The highest BCUT2D eigenvalue weighted by Gasteiger charge is 2.28. The number of rotatable bonds is 6. The van der Waals surface area contributed by atoms with Crippen LogP contribution >= 0.6 is 11.6 Å². The maximum Gasteiger partial charge on any atom is 0.340 e. The van der Waals surface area contributed by atoms with Gasteiger partial charge in [-0.1, -0.05) is 72.3 Å². The third-order valence-corrected chi connectivity index (χ3v) is 4.33. The Morgan fingerprint density at radius 1 is 0.929 bits per heavy atom. The molecule has 3 aromatic rings. The van der Waals surface area contributed by atoms with Crippen LogP contribution in [0.2, 0.25) is 5.02 Å². The van der Waals surface area contributed by atoms with Crippen molar-refractivity contribution in [1.29, 1.82) is 0 Å². The molecule has 0 bridgehead atoms. The number of nitrogens with zero attached hydrogens (tertiary/aromatic N) is 1. The van der Waals surface area contributed by atoms with E-state index in [1.165, 1.54) is 12.1 Å². The molecule has 0 aromatic heterocycles. The number of hydrogen-bond acceptors (Lipinski definition) is 5. The fraction of sp³-hybridized carbons (Fsp3) is 0.0476. The normalized spacial score (nSPS) is 11.5. The summed E-state index contributed by atoms with van der Waals surface area (Å²) in [5, 5.41) is 11.0. The summed E-state index contributed by atoms with van der Waals surface area (Å²) in [7, 11) is 0. The molecule has 6 nitrogen and oxygen atoms in total. The van der Waals surface area contributed by atoms with Gasteiger partial charge < -0.3 is 4.74 Å². The van der Waals surface area contributed by atoms with Gasteiger partial charge >= 0.3 is 5.97 Å². The Kier molecular flexibility index (Phi) is 5.81. The number of halogens is 1. The Bertz CT molecular complexity index is 1020. The maximum atomic E-state index is 13.0. The number of carbonyl (C=O) groups is 2. The van der Waals surface area contributed by atoms with E-state index in [9.17, 15) is 19.7 Å². The van der Waals surface area contributed by atoms with Gasteiger partial charge in [0.2, 0.25) is 5.78 Å². The lowest BCUT2D eigenvalue weighted by atomic mass is 9.99. The number of nitro groups is 1. The van der Waals surface area contributed by atoms with Crippen LogP contribution in [0.3, 0.4) is 0 Å². The number of hydrogen-bond donors (Lipinski definition) is 0. The summed E-state index contributed by atoms with van der Waals surface area (Å²) < 4.78 is 5.46. The topological polar surface area (TPSA) is 86.5 Å². The minimum atomic E-state index is -1.22. The zero-order valence-electron chi connectivity index (χ0n) is 14.4. The molecule has 0 radical (unpaired) electrons. The number of esters is 1. The van der Waals surface area contributed by atoms with Crippen molar-refractivity contribution >= 4 is 29.0 Å². The van der Waals surface area contributed by atoms with Gasteiger partial charge in [-0.25, -0.2) is 4.79 Å². The molecule has 0 amide bonds. The molecule has 0 aliphatic rings. The Morgan fingerprint density at radius 3 is 2.14 bits per heavy atom. The quantitative estimate of drug-likeness (QED) is 0.253. The number of benzene rings is 3. The summed E-state index contributed by atoms with van der Waals surface area (Å²) in [6, 6.07) is 20.4. The first-order valence-electron chi connectivity index (χ1n) is 8.26. The molecule has 0 unspecified atom stereocenters. The molecule has 0 aliphatic carbocycles. The van der Waals surface area contributed by atoms with Gasteiger partial charge in [0.15, 0.2) is 6.10 Å². The third-order valence-electron chi connectivity index (χ3n) is 4.00. The molecule has 140 valence electrons. The van der Waals surface area contributed by atoms with E-state index in [0.717, 1.165) is 6.07 Å². The maximum absolute atomic E-state index is 13.0. The predicted octanol–water partition coefficient (Wildman–Crippen LogP) is 5.03. The average molecular weight is 396 g/mol. The molecular formula is C21H14ClNO5. The molecule has 0 spiro atoms. The molecule has 0 heterocycles. The average Bonchev–Trinajstić information content (AvgIpc) is 2.72. The summed E-state index contributed by atoms with van der Waals surface area (Å²) in [4.78, 5) is 36.0. The number of carbonyl (C=O) groups excluding carboxylic acids is 2. The Balaban J connectivity index is 1.96. The van der Waals surface area contributed by atoms with Crippen LogP contribution in [0.4, 0.5) is 5.69 Å². The van der Waals surface area contributed by atoms with Crippen molar-refractivity contribution in [2.75, 3.05) is 0 Å². The van der Waals surface area contributed by atoms with Crippen molar-refractivity contribution < 1.29 is 19.2 Å². The minimum Gasteiger partial charge on any atom is -0.445 e. The lowest BCUT2D eigenvalue weighted by molar-refractivity contribution is -0.384. The van der Waals surface area contributed by atoms with Crippen LogP contribution in [-0.2, 0) is 4.74 Å². The van der Waals surface area contributed by atoms with Gasteiger partial charge in [-0.15, -0.1) is 0 Å². The summed E-state index contributed by atoms with van der Waals surface area (Å²) in [5.74, 6) is -1.34. The monoisotopic (exact) mass is 395 g/mol.